The highest BCUT2D eigenvalue weighted by atomic mass is 16.3. The predicted molar refractivity (Wildman–Crippen MR) is 57.0 cm³/mol. The van der Waals surface area contributed by atoms with E-state index in [1.54, 1.807) is 0 Å². The number of hydrogen-bond acceptors (Lipinski definition) is 2. The van der Waals surface area contributed by atoms with Crippen LogP contribution in [0.25, 0.3) is 0 Å². The number of benzene rings is 1. The lowest BCUT2D eigenvalue weighted by atomic mass is 9.94. The molecule has 76 valence electrons. The van der Waals surface area contributed by atoms with Crippen LogP contribution < -0.4 is 0 Å². The maximum absolute atomic E-state index is 11.3. The van der Waals surface area contributed by atoms with Gasteiger partial charge >= 0.3 is 0 Å². The van der Waals surface area contributed by atoms with Crippen LogP contribution in [0.1, 0.15) is 40.9 Å². The molecule has 0 saturated carbocycles. The molecular weight excluding hydrogens is 176 g/mol. The summed E-state index contributed by atoms with van der Waals surface area (Å²) in [5.41, 5.74) is 3.29. The highest BCUT2D eigenvalue weighted by molar-refractivity contribution is 5.98. The van der Waals surface area contributed by atoms with Crippen molar-refractivity contribution in [1.29, 1.82) is 0 Å². The molecule has 0 amide bonds. The summed E-state index contributed by atoms with van der Waals surface area (Å²) < 4.78 is 0. The lowest BCUT2D eigenvalue weighted by molar-refractivity contribution is 0.101. The van der Waals surface area contributed by atoms with Gasteiger partial charge in [-0.25, -0.2) is 0 Å². The maximum Gasteiger partial charge on any atom is 0.163 e. The number of aryl methyl sites for hydroxylation is 2. The Hall–Kier alpha value is -1.31. The molecule has 0 fully saturated rings. The van der Waals surface area contributed by atoms with Gasteiger partial charge in [0.25, 0.3) is 0 Å². The Labute approximate surface area is 84.6 Å². The fourth-order valence-corrected chi connectivity index (χ4v) is 1.77. The van der Waals surface area contributed by atoms with Gasteiger partial charge < -0.3 is 5.11 Å². The summed E-state index contributed by atoms with van der Waals surface area (Å²) in [6.45, 7) is 7.23. The zero-order valence-electron chi connectivity index (χ0n) is 9.14. The number of ketones is 1. The number of aromatic hydroxyl groups is 1. The predicted octanol–water partition coefficient (Wildman–Crippen LogP) is 2.77. The van der Waals surface area contributed by atoms with E-state index in [9.17, 15) is 9.90 Å². The molecule has 0 heterocycles. The minimum Gasteiger partial charge on any atom is -0.507 e. The van der Waals surface area contributed by atoms with Crippen molar-refractivity contribution in [1.82, 2.24) is 0 Å². The van der Waals surface area contributed by atoms with E-state index < -0.39 is 0 Å². The summed E-state index contributed by atoms with van der Waals surface area (Å²) in [6.07, 6.45) is 0.882. The summed E-state index contributed by atoms with van der Waals surface area (Å²) in [5, 5.41) is 9.75. The zero-order valence-corrected chi connectivity index (χ0v) is 9.14. The molecule has 0 aliphatic heterocycles. The van der Waals surface area contributed by atoms with E-state index in [2.05, 4.69) is 0 Å². The lowest BCUT2D eigenvalue weighted by Gasteiger charge is -2.12. The van der Waals surface area contributed by atoms with Gasteiger partial charge in [-0.3, -0.25) is 4.79 Å². The van der Waals surface area contributed by atoms with Crippen molar-refractivity contribution < 1.29 is 9.90 Å². The molecule has 2 heteroatoms. The van der Waals surface area contributed by atoms with Gasteiger partial charge in [0.1, 0.15) is 5.75 Å². The van der Waals surface area contributed by atoms with E-state index in [1.165, 1.54) is 6.92 Å². The van der Waals surface area contributed by atoms with Gasteiger partial charge in [-0.1, -0.05) is 13.0 Å². The summed E-state index contributed by atoms with van der Waals surface area (Å²) in [4.78, 5) is 11.3. The molecule has 0 aliphatic carbocycles. The molecule has 0 spiro atoms. The molecular formula is C12H16O2. The molecule has 0 bridgehead atoms. The number of hydrogen-bond donors (Lipinski definition) is 1. The highest BCUT2D eigenvalue weighted by Gasteiger charge is 2.14. The van der Waals surface area contributed by atoms with Crippen LogP contribution >= 0.6 is 0 Å². The zero-order chi connectivity index (χ0) is 10.9. The molecule has 1 aromatic carbocycles. The first kappa shape index (κ1) is 10.8. The van der Waals surface area contributed by atoms with E-state index in [4.69, 9.17) is 0 Å². The molecule has 0 atom stereocenters. The molecule has 0 radical (unpaired) electrons. The van der Waals surface area contributed by atoms with Gasteiger partial charge in [0.2, 0.25) is 0 Å². The fourth-order valence-electron chi connectivity index (χ4n) is 1.77. The van der Waals surface area contributed by atoms with E-state index in [0.717, 1.165) is 23.1 Å². The van der Waals surface area contributed by atoms with Crippen molar-refractivity contribution in [2.45, 2.75) is 34.1 Å². The normalized spacial score (nSPS) is 10.3. The number of carbonyl (C=O) groups excluding carboxylic acids is 1. The first-order chi connectivity index (χ1) is 6.49. The number of Topliss-reactive ketones (excluding diaryl/α,β-unsaturated/α-hetero) is 1. The molecule has 1 rings (SSSR count). The van der Waals surface area contributed by atoms with Crippen LogP contribution in [0.15, 0.2) is 6.07 Å². The molecule has 0 saturated heterocycles. The van der Waals surface area contributed by atoms with Gasteiger partial charge in [0.05, 0.1) is 5.56 Å². The standard InChI is InChI=1S/C12H16O2/c1-5-10-6-7(2)12(14)11(8(10)3)9(4)13/h6,14H,5H2,1-4H3. The Kier molecular flexibility index (Phi) is 2.94. The van der Waals surface area contributed by atoms with Crippen LogP contribution in [0.2, 0.25) is 0 Å². The first-order valence-corrected chi connectivity index (χ1v) is 4.82. The molecule has 0 unspecified atom stereocenters. The number of phenolic OH excluding ortho intramolecular Hbond substituents is 1. The van der Waals surface area contributed by atoms with Gasteiger partial charge in [-0.05, 0) is 43.9 Å². The molecule has 0 aromatic heterocycles. The van der Waals surface area contributed by atoms with Crippen LogP contribution in [-0.2, 0) is 6.42 Å². The van der Waals surface area contributed by atoms with Gasteiger partial charge in [-0.15, -0.1) is 0 Å². The van der Waals surface area contributed by atoms with Crippen molar-refractivity contribution in [2.24, 2.45) is 0 Å². The third-order valence-corrected chi connectivity index (χ3v) is 2.59. The number of carbonyl (C=O) groups is 1. The maximum atomic E-state index is 11.3. The molecule has 1 N–H and O–H groups in total. The SMILES string of the molecule is CCc1cc(C)c(O)c(C(C)=O)c1C. The molecule has 1 aromatic rings. The number of rotatable bonds is 2. The summed E-state index contributed by atoms with van der Waals surface area (Å²) >= 11 is 0. The fraction of sp³-hybridized carbons (Fsp3) is 0.417. The van der Waals surface area contributed by atoms with Crippen molar-refractivity contribution in [2.75, 3.05) is 0 Å². The second kappa shape index (κ2) is 3.82. The molecule has 14 heavy (non-hydrogen) atoms. The summed E-state index contributed by atoms with van der Waals surface area (Å²) in [7, 11) is 0. The van der Waals surface area contributed by atoms with E-state index in [1.807, 2.05) is 26.8 Å². The molecule has 2 nitrogen and oxygen atoms in total. The summed E-state index contributed by atoms with van der Waals surface area (Å²) in [5.74, 6) is 0.0607. The third kappa shape index (κ3) is 1.65. The second-order valence-electron chi connectivity index (χ2n) is 3.61. The minimum atomic E-state index is -0.0709. The Morgan fingerprint density at radius 3 is 2.43 bits per heavy atom. The van der Waals surface area contributed by atoms with Crippen molar-refractivity contribution in [3.05, 3.63) is 28.3 Å². The Balaban J connectivity index is 3.53. The Morgan fingerprint density at radius 1 is 1.43 bits per heavy atom. The van der Waals surface area contributed by atoms with E-state index in [0.29, 0.717) is 5.56 Å². The highest BCUT2D eigenvalue weighted by Crippen LogP contribution is 2.28. The topological polar surface area (TPSA) is 37.3 Å². The number of phenols is 1. The Morgan fingerprint density at radius 2 is 2.00 bits per heavy atom. The quantitative estimate of drug-likeness (QED) is 0.731. The van der Waals surface area contributed by atoms with E-state index in [-0.39, 0.29) is 11.5 Å². The van der Waals surface area contributed by atoms with Crippen LogP contribution in [0.5, 0.6) is 5.75 Å². The third-order valence-electron chi connectivity index (χ3n) is 2.59. The second-order valence-corrected chi connectivity index (χ2v) is 3.61. The van der Waals surface area contributed by atoms with Crippen LogP contribution in [0, 0.1) is 13.8 Å². The van der Waals surface area contributed by atoms with Crippen LogP contribution in [0.4, 0.5) is 0 Å². The monoisotopic (exact) mass is 192 g/mol. The average Bonchev–Trinajstić information content (AvgIpc) is 2.11. The first-order valence-electron chi connectivity index (χ1n) is 4.82. The van der Waals surface area contributed by atoms with Gasteiger partial charge in [-0.2, -0.15) is 0 Å². The van der Waals surface area contributed by atoms with Crippen LogP contribution in [-0.4, -0.2) is 10.9 Å². The van der Waals surface area contributed by atoms with Crippen molar-refractivity contribution in [3.63, 3.8) is 0 Å². The van der Waals surface area contributed by atoms with E-state index >= 15 is 0 Å². The van der Waals surface area contributed by atoms with Crippen molar-refractivity contribution in [3.8, 4) is 5.75 Å². The largest absolute Gasteiger partial charge is 0.507 e. The lowest BCUT2D eigenvalue weighted by Crippen LogP contribution is -2.02. The van der Waals surface area contributed by atoms with Gasteiger partial charge in [0.15, 0.2) is 5.78 Å². The Bertz CT molecular complexity index is 378. The van der Waals surface area contributed by atoms with Crippen molar-refractivity contribution >= 4 is 5.78 Å². The average molecular weight is 192 g/mol. The minimum absolute atomic E-state index is 0.0709. The van der Waals surface area contributed by atoms with Gasteiger partial charge in [0, 0.05) is 0 Å². The van der Waals surface area contributed by atoms with Crippen LogP contribution in [0.3, 0.4) is 0 Å². The molecule has 0 aliphatic rings. The smallest absolute Gasteiger partial charge is 0.163 e. The summed E-state index contributed by atoms with van der Waals surface area (Å²) in [6, 6.07) is 1.94.